The third-order valence-electron chi connectivity index (χ3n) is 5.08. The fraction of sp³-hybridized carbons (Fsp3) is 0.316. The van der Waals surface area contributed by atoms with Crippen LogP contribution < -0.4 is 19.1 Å². The third-order valence-corrected chi connectivity index (χ3v) is 6.46. The van der Waals surface area contributed by atoms with Gasteiger partial charge in [0.1, 0.15) is 0 Å². The lowest BCUT2D eigenvalue weighted by Crippen LogP contribution is -2.30. The van der Waals surface area contributed by atoms with Gasteiger partial charge in [-0.3, -0.25) is 9.52 Å². The van der Waals surface area contributed by atoms with Gasteiger partial charge < -0.3 is 14.4 Å². The zero-order chi connectivity index (χ0) is 18.6. The lowest BCUT2D eigenvalue weighted by atomic mass is 10.1. The Kier molecular flexibility index (Phi) is 3.58. The molecule has 0 bridgehead atoms. The molecule has 0 unspecified atom stereocenters. The van der Waals surface area contributed by atoms with Crippen LogP contribution in [0.1, 0.15) is 18.4 Å². The molecule has 140 valence electrons. The van der Waals surface area contributed by atoms with Crippen molar-refractivity contribution in [2.75, 3.05) is 23.0 Å². The summed E-state index contributed by atoms with van der Waals surface area (Å²) < 4.78 is 38.6. The molecule has 2 aromatic rings. The minimum Gasteiger partial charge on any atom is -0.454 e. The summed E-state index contributed by atoms with van der Waals surface area (Å²) in [6, 6.07) is 9.86. The van der Waals surface area contributed by atoms with Crippen LogP contribution in [-0.2, 0) is 21.2 Å². The van der Waals surface area contributed by atoms with Crippen molar-refractivity contribution in [1.82, 2.24) is 0 Å². The molecule has 5 rings (SSSR count). The van der Waals surface area contributed by atoms with Gasteiger partial charge in [-0.25, -0.2) is 8.42 Å². The van der Waals surface area contributed by atoms with Crippen molar-refractivity contribution in [2.45, 2.75) is 24.2 Å². The highest BCUT2D eigenvalue weighted by Gasteiger charge is 2.36. The Hall–Kier alpha value is -2.74. The van der Waals surface area contributed by atoms with E-state index in [1.807, 2.05) is 6.07 Å². The molecule has 3 aliphatic rings. The summed E-state index contributed by atoms with van der Waals surface area (Å²) in [4.78, 5) is 14.3. The van der Waals surface area contributed by atoms with Crippen LogP contribution in [0.4, 0.5) is 11.4 Å². The summed E-state index contributed by atoms with van der Waals surface area (Å²) in [5, 5.41) is 0. The van der Waals surface area contributed by atoms with Crippen molar-refractivity contribution in [2.24, 2.45) is 5.92 Å². The molecule has 7 nitrogen and oxygen atoms in total. The van der Waals surface area contributed by atoms with Crippen LogP contribution in [0.3, 0.4) is 0 Å². The molecule has 2 aliphatic heterocycles. The van der Waals surface area contributed by atoms with E-state index in [-0.39, 0.29) is 23.5 Å². The van der Waals surface area contributed by atoms with Crippen LogP contribution in [0.25, 0.3) is 0 Å². The minimum atomic E-state index is -3.78. The monoisotopic (exact) mass is 386 g/mol. The number of amides is 1. The van der Waals surface area contributed by atoms with Crippen LogP contribution in [0.5, 0.6) is 11.5 Å². The number of hydrogen-bond donors (Lipinski definition) is 1. The summed E-state index contributed by atoms with van der Waals surface area (Å²) in [5.41, 5.74) is 2.30. The van der Waals surface area contributed by atoms with E-state index in [1.54, 1.807) is 23.1 Å². The Morgan fingerprint density at radius 1 is 1.07 bits per heavy atom. The lowest BCUT2D eigenvalue weighted by Gasteiger charge is -2.18. The molecule has 2 aromatic carbocycles. The van der Waals surface area contributed by atoms with E-state index >= 15 is 0 Å². The number of benzene rings is 2. The molecule has 1 fully saturated rings. The third kappa shape index (κ3) is 2.90. The number of sulfonamides is 1. The van der Waals surface area contributed by atoms with Crippen LogP contribution in [0.15, 0.2) is 41.3 Å². The molecule has 1 amide bonds. The summed E-state index contributed by atoms with van der Waals surface area (Å²) in [5.74, 6) is 1.21. The van der Waals surface area contributed by atoms with Crippen molar-refractivity contribution < 1.29 is 22.7 Å². The van der Waals surface area contributed by atoms with Crippen LogP contribution >= 0.6 is 0 Å². The molecule has 1 N–H and O–H groups in total. The predicted molar refractivity (Wildman–Crippen MR) is 98.6 cm³/mol. The van der Waals surface area contributed by atoms with Gasteiger partial charge in [0.05, 0.1) is 10.6 Å². The summed E-state index contributed by atoms with van der Waals surface area (Å²) in [6.07, 6.45) is 2.69. The standard InChI is InChI=1S/C19H18N2O5S/c22-19(13-1-2-13)21-8-7-12-3-4-14(9-16(12)21)20-27(23,24)15-5-6-17-18(10-15)26-11-25-17/h3-6,9-10,13,20H,1-2,7-8,11H2. The molecule has 1 aliphatic carbocycles. The van der Waals surface area contributed by atoms with E-state index in [4.69, 9.17) is 9.47 Å². The van der Waals surface area contributed by atoms with E-state index < -0.39 is 10.0 Å². The van der Waals surface area contributed by atoms with Gasteiger partial charge in [-0.1, -0.05) is 6.07 Å². The Morgan fingerprint density at radius 2 is 1.89 bits per heavy atom. The second kappa shape index (κ2) is 5.88. The number of ether oxygens (including phenoxy) is 2. The quantitative estimate of drug-likeness (QED) is 0.873. The van der Waals surface area contributed by atoms with Crippen molar-refractivity contribution in [3.8, 4) is 11.5 Å². The fourth-order valence-electron chi connectivity index (χ4n) is 3.48. The SMILES string of the molecule is O=C(C1CC1)N1CCc2ccc(NS(=O)(=O)c3ccc4c(c3)OCO4)cc21. The first-order chi connectivity index (χ1) is 13.0. The number of hydrogen-bond acceptors (Lipinski definition) is 5. The number of nitrogens with one attached hydrogen (secondary N) is 1. The van der Waals surface area contributed by atoms with Gasteiger partial charge >= 0.3 is 0 Å². The second-order valence-corrected chi connectivity index (χ2v) is 8.66. The second-order valence-electron chi connectivity index (χ2n) is 6.98. The maximum atomic E-state index is 12.7. The Balaban J connectivity index is 1.42. The number of nitrogens with zero attached hydrogens (tertiary/aromatic N) is 1. The number of rotatable bonds is 4. The molecule has 1 saturated carbocycles. The summed E-state index contributed by atoms with van der Waals surface area (Å²) in [6.45, 7) is 0.741. The fourth-order valence-corrected chi connectivity index (χ4v) is 4.54. The molecular formula is C19H18N2O5S. The summed E-state index contributed by atoms with van der Waals surface area (Å²) >= 11 is 0. The zero-order valence-corrected chi connectivity index (χ0v) is 15.3. The Morgan fingerprint density at radius 3 is 2.70 bits per heavy atom. The molecule has 8 heteroatoms. The van der Waals surface area contributed by atoms with Crippen molar-refractivity contribution in [3.05, 3.63) is 42.0 Å². The highest BCUT2D eigenvalue weighted by Crippen LogP contribution is 2.38. The highest BCUT2D eigenvalue weighted by molar-refractivity contribution is 7.92. The van der Waals surface area contributed by atoms with Crippen molar-refractivity contribution in [3.63, 3.8) is 0 Å². The number of fused-ring (bicyclic) bond motifs is 2. The van der Waals surface area contributed by atoms with E-state index in [2.05, 4.69) is 4.72 Å². The van der Waals surface area contributed by atoms with E-state index in [0.717, 1.165) is 30.5 Å². The first-order valence-electron chi connectivity index (χ1n) is 8.88. The first-order valence-corrected chi connectivity index (χ1v) is 10.4. The van der Waals surface area contributed by atoms with Crippen LogP contribution in [-0.4, -0.2) is 27.7 Å². The Bertz CT molecular complexity index is 1050. The number of anilines is 2. The van der Waals surface area contributed by atoms with Gasteiger partial charge in [-0.2, -0.15) is 0 Å². The van der Waals surface area contributed by atoms with Crippen molar-refractivity contribution in [1.29, 1.82) is 0 Å². The zero-order valence-electron chi connectivity index (χ0n) is 14.5. The molecule has 0 spiro atoms. The average Bonchev–Trinajstić information content (AvgIpc) is 3.25. The van der Waals surface area contributed by atoms with Gasteiger partial charge in [0.2, 0.25) is 12.7 Å². The highest BCUT2D eigenvalue weighted by atomic mass is 32.2. The van der Waals surface area contributed by atoms with Gasteiger partial charge in [0, 0.05) is 24.2 Å². The van der Waals surface area contributed by atoms with Crippen LogP contribution in [0, 0.1) is 5.92 Å². The molecule has 0 radical (unpaired) electrons. The van der Waals surface area contributed by atoms with E-state index in [9.17, 15) is 13.2 Å². The maximum Gasteiger partial charge on any atom is 0.262 e. The number of carbonyl (C=O) groups excluding carboxylic acids is 1. The topological polar surface area (TPSA) is 84.9 Å². The predicted octanol–water partition coefficient (Wildman–Crippen LogP) is 2.52. The number of carbonyl (C=O) groups is 1. The molecule has 0 aromatic heterocycles. The maximum absolute atomic E-state index is 12.7. The molecular weight excluding hydrogens is 368 g/mol. The van der Waals surface area contributed by atoms with E-state index in [0.29, 0.717) is 23.7 Å². The summed E-state index contributed by atoms with van der Waals surface area (Å²) in [7, 11) is -3.78. The largest absolute Gasteiger partial charge is 0.454 e. The van der Waals surface area contributed by atoms with Crippen molar-refractivity contribution >= 4 is 27.3 Å². The Labute approximate surface area is 156 Å². The first kappa shape index (κ1) is 16.4. The molecule has 27 heavy (non-hydrogen) atoms. The van der Waals surface area contributed by atoms with Gasteiger partial charge in [0.15, 0.2) is 11.5 Å². The van der Waals surface area contributed by atoms with Gasteiger partial charge in [-0.05, 0) is 49.1 Å². The van der Waals surface area contributed by atoms with Gasteiger partial charge in [-0.15, -0.1) is 0 Å². The smallest absolute Gasteiger partial charge is 0.262 e. The molecule has 0 saturated heterocycles. The lowest BCUT2D eigenvalue weighted by molar-refractivity contribution is -0.119. The van der Waals surface area contributed by atoms with E-state index in [1.165, 1.54) is 12.1 Å². The van der Waals surface area contributed by atoms with Crippen LogP contribution in [0.2, 0.25) is 0 Å². The minimum absolute atomic E-state index is 0.0853. The molecule has 0 atom stereocenters. The van der Waals surface area contributed by atoms with Gasteiger partial charge in [0.25, 0.3) is 10.0 Å². The normalized spacial score (nSPS) is 17.7. The molecule has 2 heterocycles. The average molecular weight is 386 g/mol.